The molecule has 0 amide bonds. The van der Waals surface area contributed by atoms with E-state index in [0.29, 0.717) is 5.15 Å². The summed E-state index contributed by atoms with van der Waals surface area (Å²) in [5, 5.41) is 7.38. The largest absolute Gasteiger partial charge is 0.380 e. The molecule has 0 radical (unpaired) electrons. The number of nitrogens with two attached hydrogens (primary N) is 1. The zero-order valence-electron chi connectivity index (χ0n) is 4.30. The molecule has 4 nitrogen and oxygen atoms in total. The van der Waals surface area contributed by atoms with Gasteiger partial charge in [0.25, 0.3) is 0 Å². The van der Waals surface area contributed by atoms with Crippen LogP contribution in [-0.4, -0.2) is 15.0 Å². The zero-order valence-corrected chi connectivity index (χ0v) is 5.05. The maximum atomic E-state index is 5.51. The first-order valence-electron chi connectivity index (χ1n) is 2.02. The highest BCUT2D eigenvalue weighted by molar-refractivity contribution is 6.31. The maximum absolute atomic E-state index is 5.51. The molecule has 8 heavy (non-hydrogen) atoms. The van der Waals surface area contributed by atoms with E-state index >= 15 is 0 Å². The summed E-state index contributed by atoms with van der Waals surface area (Å²) in [5.74, 6) is 0.272. The van der Waals surface area contributed by atoms with Crippen LogP contribution in [0.1, 0.15) is 0 Å². The van der Waals surface area contributed by atoms with Crippen molar-refractivity contribution in [1.82, 2.24) is 15.0 Å². The Balaban J connectivity index is 3.19. The number of hydrogen-bond donors (Lipinski definition) is 1. The molecule has 0 saturated heterocycles. The molecule has 5 heteroatoms. The minimum absolute atomic E-state index is 0.272. The number of nitrogen functional groups attached to an aromatic ring is 1. The molecule has 0 aromatic carbocycles. The van der Waals surface area contributed by atoms with Crippen LogP contribution in [0.2, 0.25) is 5.15 Å². The Morgan fingerprint density at radius 1 is 1.75 bits per heavy atom. The lowest BCUT2D eigenvalue weighted by Crippen LogP contribution is -1.89. The van der Waals surface area contributed by atoms with Gasteiger partial charge in [-0.15, -0.1) is 5.10 Å². The van der Waals surface area contributed by atoms with Gasteiger partial charge in [-0.05, 0) is 0 Å². The Morgan fingerprint density at radius 3 is 2.50 bits per heavy atom. The van der Waals surface area contributed by atoms with E-state index in [1.807, 2.05) is 0 Å². The van der Waals surface area contributed by atoms with Crippen LogP contribution in [-0.2, 0) is 7.05 Å². The Morgan fingerprint density at radius 2 is 2.38 bits per heavy atom. The number of rotatable bonds is 0. The van der Waals surface area contributed by atoms with Crippen molar-refractivity contribution in [1.29, 1.82) is 0 Å². The third-order valence-corrected chi connectivity index (χ3v) is 1.22. The molecular weight excluding hydrogens is 128 g/mol. The SMILES string of the molecule is Cn1nnc(N)c1Cl. The fourth-order valence-corrected chi connectivity index (χ4v) is 0.433. The summed E-state index contributed by atoms with van der Waals surface area (Å²) in [6.07, 6.45) is 0. The van der Waals surface area contributed by atoms with Crippen molar-refractivity contribution >= 4 is 17.4 Å². The second kappa shape index (κ2) is 1.63. The van der Waals surface area contributed by atoms with Crippen LogP contribution in [0.25, 0.3) is 0 Å². The molecule has 0 aliphatic carbocycles. The molecule has 1 heterocycles. The number of anilines is 1. The third-order valence-electron chi connectivity index (χ3n) is 0.782. The fraction of sp³-hybridized carbons (Fsp3) is 0.333. The lowest BCUT2D eigenvalue weighted by atomic mass is 10.8. The molecule has 0 aliphatic rings. The second-order valence-corrected chi connectivity index (χ2v) is 1.75. The number of hydrogen-bond acceptors (Lipinski definition) is 3. The molecule has 1 aromatic rings. The first-order chi connectivity index (χ1) is 3.72. The highest BCUT2D eigenvalue weighted by Gasteiger charge is 1.99. The van der Waals surface area contributed by atoms with Gasteiger partial charge in [0.05, 0.1) is 0 Å². The molecule has 0 aliphatic heterocycles. The fourth-order valence-electron chi connectivity index (χ4n) is 0.362. The maximum Gasteiger partial charge on any atom is 0.185 e. The van der Waals surface area contributed by atoms with E-state index in [1.54, 1.807) is 7.05 Å². The van der Waals surface area contributed by atoms with Crippen LogP contribution in [0.3, 0.4) is 0 Å². The highest BCUT2D eigenvalue weighted by Crippen LogP contribution is 2.11. The molecule has 0 atom stereocenters. The van der Waals surface area contributed by atoms with E-state index < -0.39 is 0 Å². The van der Waals surface area contributed by atoms with Crippen molar-refractivity contribution in [3.63, 3.8) is 0 Å². The van der Waals surface area contributed by atoms with Crippen LogP contribution in [0.5, 0.6) is 0 Å². The average Bonchev–Trinajstić information content (AvgIpc) is 1.98. The third kappa shape index (κ3) is 0.626. The lowest BCUT2D eigenvalue weighted by Gasteiger charge is -1.84. The quantitative estimate of drug-likeness (QED) is 0.543. The van der Waals surface area contributed by atoms with Gasteiger partial charge in [0.15, 0.2) is 11.0 Å². The van der Waals surface area contributed by atoms with Gasteiger partial charge in [-0.2, -0.15) is 0 Å². The standard InChI is InChI=1S/C3H5ClN4/c1-8-2(4)3(5)6-7-8/h5H2,1H3. The van der Waals surface area contributed by atoms with Gasteiger partial charge in [-0.3, -0.25) is 0 Å². The Hall–Kier alpha value is -0.770. The van der Waals surface area contributed by atoms with E-state index in [-0.39, 0.29) is 5.82 Å². The summed E-state index contributed by atoms with van der Waals surface area (Å²) in [7, 11) is 1.67. The van der Waals surface area contributed by atoms with E-state index in [2.05, 4.69) is 10.3 Å². The van der Waals surface area contributed by atoms with Crippen molar-refractivity contribution in [2.24, 2.45) is 7.05 Å². The molecule has 2 N–H and O–H groups in total. The van der Waals surface area contributed by atoms with Crippen LogP contribution in [0.4, 0.5) is 5.82 Å². The van der Waals surface area contributed by atoms with Crippen molar-refractivity contribution in [3.05, 3.63) is 5.15 Å². The van der Waals surface area contributed by atoms with E-state index in [9.17, 15) is 0 Å². The van der Waals surface area contributed by atoms with E-state index in [0.717, 1.165) is 0 Å². The molecule has 0 bridgehead atoms. The first kappa shape index (κ1) is 5.37. The van der Waals surface area contributed by atoms with Crippen molar-refractivity contribution in [2.45, 2.75) is 0 Å². The molecule has 0 spiro atoms. The number of aromatic nitrogens is 3. The van der Waals surface area contributed by atoms with Gasteiger partial charge < -0.3 is 5.73 Å². The van der Waals surface area contributed by atoms with Gasteiger partial charge in [0.1, 0.15) is 0 Å². The van der Waals surface area contributed by atoms with Gasteiger partial charge in [-0.25, -0.2) is 4.68 Å². The van der Waals surface area contributed by atoms with Crippen LogP contribution in [0, 0.1) is 0 Å². The summed E-state index contributed by atoms with van der Waals surface area (Å²) in [4.78, 5) is 0. The number of nitrogens with zero attached hydrogens (tertiary/aromatic N) is 3. The molecule has 1 aromatic heterocycles. The normalized spacial score (nSPS) is 9.75. The molecular formula is C3H5ClN4. The number of halogens is 1. The van der Waals surface area contributed by atoms with Crippen molar-refractivity contribution in [2.75, 3.05) is 5.73 Å². The van der Waals surface area contributed by atoms with Gasteiger partial charge in [-0.1, -0.05) is 16.8 Å². The molecule has 0 saturated carbocycles. The summed E-state index contributed by atoms with van der Waals surface area (Å²) in [6.45, 7) is 0. The van der Waals surface area contributed by atoms with E-state index in [1.165, 1.54) is 4.68 Å². The lowest BCUT2D eigenvalue weighted by molar-refractivity contribution is 0.716. The first-order valence-corrected chi connectivity index (χ1v) is 2.40. The van der Waals surface area contributed by atoms with Crippen LogP contribution >= 0.6 is 11.6 Å². The predicted octanol–water partition coefficient (Wildman–Crippen LogP) is 0.0507. The average molecular weight is 133 g/mol. The summed E-state index contributed by atoms with van der Waals surface area (Å²) in [6, 6.07) is 0. The summed E-state index contributed by atoms with van der Waals surface area (Å²) in [5.41, 5.74) is 5.21. The van der Waals surface area contributed by atoms with Gasteiger partial charge >= 0.3 is 0 Å². The molecule has 1 rings (SSSR count). The monoisotopic (exact) mass is 132 g/mol. The summed E-state index contributed by atoms with van der Waals surface area (Å²) < 4.78 is 1.40. The Kier molecular flexibility index (Phi) is 1.09. The Bertz CT molecular complexity index is 174. The molecule has 0 fully saturated rings. The van der Waals surface area contributed by atoms with Crippen molar-refractivity contribution < 1.29 is 0 Å². The zero-order chi connectivity index (χ0) is 6.15. The smallest absolute Gasteiger partial charge is 0.185 e. The van der Waals surface area contributed by atoms with Gasteiger partial charge in [0, 0.05) is 7.05 Å². The predicted molar refractivity (Wildman–Crippen MR) is 30.4 cm³/mol. The van der Waals surface area contributed by atoms with E-state index in [4.69, 9.17) is 17.3 Å². The van der Waals surface area contributed by atoms with Crippen LogP contribution < -0.4 is 5.73 Å². The molecule has 44 valence electrons. The molecule has 0 unspecified atom stereocenters. The highest BCUT2D eigenvalue weighted by atomic mass is 35.5. The minimum Gasteiger partial charge on any atom is -0.380 e. The topological polar surface area (TPSA) is 56.7 Å². The Labute approximate surface area is 51.2 Å². The van der Waals surface area contributed by atoms with Crippen molar-refractivity contribution in [3.8, 4) is 0 Å². The number of aryl methyl sites for hydroxylation is 1. The van der Waals surface area contributed by atoms with Gasteiger partial charge in [0.2, 0.25) is 0 Å². The van der Waals surface area contributed by atoms with Crippen LogP contribution in [0.15, 0.2) is 0 Å². The second-order valence-electron chi connectivity index (χ2n) is 1.39. The summed E-state index contributed by atoms with van der Waals surface area (Å²) >= 11 is 5.51. The minimum atomic E-state index is 0.272.